The molecule has 1 aromatic carbocycles. The van der Waals surface area contributed by atoms with Crippen molar-refractivity contribution >= 4 is 5.78 Å². The van der Waals surface area contributed by atoms with Crippen molar-refractivity contribution in [3.05, 3.63) is 35.4 Å². The number of fused-ring (bicyclic) bond motifs is 1. The third-order valence-electron chi connectivity index (χ3n) is 3.31. The van der Waals surface area contributed by atoms with E-state index in [1.54, 1.807) is 0 Å². The van der Waals surface area contributed by atoms with E-state index in [0.29, 0.717) is 5.78 Å². The van der Waals surface area contributed by atoms with E-state index in [2.05, 4.69) is 31.2 Å². The Hall–Kier alpha value is -1.11. The topological polar surface area (TPSA) is 17.1 Å². The summed E-state index contributed by atoms with van der Waals surface area (Å²) in [5.41, 5.74) is 2.68. The van der Waals surface area contributed by atoms with E-state index in [0.717, 1.165) is 25.7 Å². The van der Waals surface area contributed by atoms with Gasteiger partial charge in [-0.1, -0.05) is 44.0 Å². The largest absolute Gasteiger partial charge is 0.299 e. The smallest absolute Gasteiger partial charge is 0.140 e. The zero-order chi connectivity index (χ0) is 10.7. The quantitative estimate of drug-likeness (QED) is 0.733. The summed E-state index contributed by atoms with van der Waals surface area (Å²) in [5, 5.41) is 0. The molecule has 0 spiro atoms. The van der Waals surface area contributed by atoms with Crippen molar-refractivity contribution in [2.75, 3.05) is 0 Å². The van der Waals surface area contributed by atoms with Crippen LogP contribution in [0.25, 0.3) is 0 Å². The summed E-state index contributed by atoms with van der Waals surface area (Å²) < 4.78 is 0. The molecule has 1 aromatic rings. The fourth-order valence-corrected chi connectivity index (χ4v) is 2.43. The average Bonchev–Trinajstić information content (AvgIpc) is 2.28. The molecular weight excluding hydrogens is 184 g/mol. The van der Waals surface area contributed by atoms with Gasteiger partial charge in [0.15, 0.2) is 0 Å². The molecule has 0 radical (unpaired) electrons. The number of Topliss-reactive ketones (excluding diaryl/α,β-unsaturated/α-hetero) is 1. The van der Waals surface area contributed by atoms with E-state index in [1.807, 2.05) is 0 Å². The Morgan fingerprint density at radius 2 is 2.07 bits per heavy atom. The maximum atomic E-state index is 11.9. The first-order valence-corrected chi connectivity index (χ1v) is 5.93. The molecule has 2 rings (SSSR count). The van der Waals surface area contributed by atoms with Crippen LogP contribution in [0, 0.1) is 0 Å². The second-order valence-electron chi connectivity index (χ2n) is 4.36. The Morgan fingerprint density at radius 1 is 1.27 bits per heavy atom. The predicted octanol–water partition coefficient (Wildman–Crippen LogP) is 3.48. The van der Waals surface area contributed by atoms with Gasteiger partial charge in [0.05, 0.1) is 0 Å². The molecule has 0 amide bonds. The standard InChI is InChI=1S/C14H18O/c1-2-3-7-13-12-8-5-4-6-11(12)9-10-14(13)15/h4-6,8,13H,2-3,7,9-10H2,1H3. The molecule has 1 heteroatoms. The van der Waals surface area contributed by atoms with E-state index in [1.165, 1.54) is 17.5 Å². The van der Waals surface area contributed by atoms with Crippen LogP contribution in [0.4, 0.5) is 0 Å². The van der Waals surface area contributed by atoms with Gasteiger partial charge in [0.25, 0.3) is 0 Å². The van der Waals surface area contributed by atoms with Gasteiger partial charge in [0.1, 0.15) is 5.78 Å². The highest BCUT2D eigenvalue weighted by Gasteiger charge is 2.26. The SMILES string of the molecule is CCCCC1C(=O)CCc2ccccc21. The summed E-state index contributed by atoms with van der Waals surface area (Å²) in [6.07, 6.45) is 5.05. The molecule has 0 bridgehead atoms. The third-order valence-corrected chi connectivity index (χ3v) is 3.31. The van der Waals surface area contributed by atoms with Crippen LogP contribution in [0.2, 0.25) is 0 Å². The van der Waals surface area contributed by atoms with Gasteiger partial charge >= 0.3 is 0 Å². The number of unbranched alkanes of at least 4 members (excludes halogenated alkanes) is 1. The van der Waals surface area contributed by atoms with E-state index in [-0.39, 0.29) is 5.92 Å². The summed E-state index contributed by atoms with van der Waals surface area (Å²) in [6, 6.07) is 8.43. The third kappa shape index (κ3) is 2.11. The molecule has 0 heterocycles. The van der Waals surface area contributed by atoms with E-state index in [9.17, 15) is 4.79 Å². The van der Waals surface area contributed by atoms with Crippen LogP contribution in [0.3, 0.4) is 0 Å². The van der Waals surface area contributed by atoms with Crippen LogP contribution in [-0.2, 0) is 11.2 Å². The molecule has 0 saturated carbocycles. The van der Waals surface area contributed by atoms with Crippen molar-refractivity contribution in [3.8, 4) is 0 Å². The lowest BCUT2D eigenvalue weighted by Crippen LogP contribution is -2.20. The molecule has 0 N–H and O–H groups in total. The summed E-state index contributed by atoms with van der Waals surface area (Å²) in [6.45, 7) is 2.18. The molecule has 0 saturated heterocycles. The second kappa shape index (κ2) is 4.61. The Morgan fingerprint density at radius 3 is 2.87 bits per heavy atom. The zero-order valence-electron chi connectivity index (χ0n) is 9.33. The number of aryl methyl sites for hydroxylation is 1. The number of carbonyl (C=O) groups is 1. The number of hydrogen-bond donors (Lipinski definition) is 0. The van der Waals surface area contributed by atoms with Gasteiger partial charge < -0.3 is 0 Å². The average molecular weight is 202 g/mol. The maximum absolute atomic E-state index is 11.9. The lowest BCUT2D eigenvalue weighted by molar-refractivity contribution is -0.121. The first-order valence-electron chi connectivity index (χ1n) is 5.93. The first kappa shape index (κ1) is 10.4. The number of rotatable bonds is 3. The summed E-state index contributed by atoms with van der Waals surface area (Å²) in [5.74, 6) is 0.636. The van der Waals surface area contributed by atoms with E-state index < -0.39 is 0 Å². The molecule has 80 valence electrons. The van der Waals surface area contributed by atoms with Gasteiger partial charge in [-0.05, 0) is 24.0 Å². The number of benzene rings is 1. The van der Waals surface area contributed by atoms with E-state index >= 15 is 0 Å². The van der Waals surface area contributed by atoms with Crippen LogP contribution in [-0.4, -0.2) is 5.78 Å². The van der Waals surface area contributed by atoms with Gasteiger partial charge in [-0.2, -0.15) is 0 Å². The summed E-state index contributed by atoms with van der Waals surface area (Å²) >= 11 is 0. The lowest BCUT2D eigenvalue weighted by atomic mass is 9.79. The van der Waals surface area contributed by atoms with Gasteiger partial charge in [-0.3, -0.25) is 4.79 Å². The van der Waals surface area contributed by atoms with Crippen molar-refractivity contribution in [2.24, 2.45) is 0 Å². The molecule has 1 aliphatic rings. The Bertz CT molecular complexity index is 354. The Balaban J connectivity index is 2.25. The molecular formula is C14H18O. The molecule has 0 aliphatic heterocycles. The molecule has 1 aliphatic carbocycles. The molecule has 1 unspecified atom stereocenters. The van der Waals surface area contributed by atoms with Crippen LogP contribution in [0.1, 0.15) is 49.7 Å². The van der Waals surface area contributed by atoms with E-state index in [4.69, 9.17) is 0 Å². The fraction of sp³-hybridized carbons (Fsp3) is 0.500. The monoisotopic (exact) mass is 202 g/mol. The van der Waals surface area contributed by atoms with Gasteiger partial charge in [0, 0.05) is 12.3 Å². The zero-order valence-corrected chi connectivity index (χ0v) is 9.33. The maximum Gasteiger partial charge on any atom is 0.140 e. The highest BCUT2D eigenvalue weighted by Crippen LogP contribution is 2.32. The van der Waals surface area contributed by atoms with Crippen LogP contribution >= 0.6 is 0 Å². The predicted molar refractivity (Wildman–Crippen MR) is 62.0 cm³/mol. The highest BCUT2D eigenvalue weighted by molar-refractivity contribution is 5.87. The van der Waals surface area contributed by atoms with Crippen molar-refractivity contribution in [2.45, 2.75) is 44.9 Å². The highest BCUT2D eigenvalue weighted by atomic mass is 16.1. The number of carbonyl (C=O) groups excluding carboxylic acids is 1. The molecule has 15 heavy (non-hydrogen) atoms. The Labute approximate surface area is 91.5 Å². The minimum atomic E-state index is 0.190. The van der Waals surface area contributed by atoms with Crippen LogP contribution < -0.4 is 0 Å². The first-order chi connectivity index (χ1) is 7.33. The summed E-state index contributed by atoms with van der Waals surface area (Å²) in [7, 11) is 0. The van der Waals surface area contributed by atoms with Gasteiger partial charge in [-0.25, -0.2) is 0 Å². The number of hydrogen-bond acceptors (Lipinski definition) is 1. The summed E-state index contributed by atoms with van der Waals surface area (Å²) in [4.78, 5) is 11.9. The van der Waals surface area contributed by atoms with Crippen molar-refractivity contribution in [3.63, 3.8) is 0 Å². The van der Waals surface area contributed by atoms with Crippen LogP contribution in [0.15, 0.2) is 24.3 Å². The lowest BCUT2D eigenvalue weighted by Gasteiger charge is -2.24. The molecule has 1 nitrogen and oxygen atoms in total. The van der Waals surface area contributed by atoms with Crippen LogP contribution in [0.5, 0.6) is 0 Å². The number of ketones is 1. The minimum Gasteiger partial charge on any atom is -0.299 e. The van der Waals surface area contributed by atoms with Crippen molar-refractivity contribution < 1.29 is 4.79 Å². The minimum absolute atomic E-state index is 0.190. The second-order valence-corrected chi connectivity index (χ2v) is 4.36. The van der Waals surface area contributed by atoms with Crippen molar-refractivity contribution in [1.82, 2.24) is 0 Å². The Kier molecular flexibility index (Phi) is 3.20. The van der Waals surface area contributed by atoms with Crippen molar-refractivity contribution in [1.29, 1.82) is 0 Å². The molecule has 1 atom stereocenters. The van der Waals surface area contributed by atoms with Gasteiger partial charge in [-0.15, -0.1) is 0 Å². The molecule has 0 fully saturated rings. The fourth-order valence-electron chi connectivity index (χ4n) is 2.43. The normalized spacial score (nSPS) is 20.1. The molecule has 0 aromatic heterocycles. The van der Waals surface area contributed by atoms with Gasteiger partial charge in [0.2, 0.25) is 0 Å².